The molecule has 1 aromatic carbocycles. The van der Waals surface area contributed by atoms with E-state index in [0.29, 0.717) is 15.7 Å². The van der Waals surface area contributed by atoms with Gasteiger partial charge in [0.15, 0.2) is 0 Å². The fourth-order valence-corrected chi connectivity index (χ4v) is 1.64. The molecule has 0 bridgehead atoms. The second-order valence-electron chi connectivity index (χ2n) is 3.31. The SMILES string of the molecule is Nc1ccc(C(O)C(O)CCO)cc1Br. The number of aliphatic hydroxyl groups is 3. The minimum absolute atomic E-state index is 0.142. The van der Waals surface area contributed by atoms with Crippen molar-refractivity contribution in [2.24, 2.45) is 0 Å². The second kappa shape index (κ2) is 5.46. The van der Waals surface area contributed by atoms with Gasteiger partial charge in [0.25, 0.3) is 0 Å². The molecule has 2 unspecified atom stereocenters. The van der Waals surface area contributed by atoms with Gasteiger partial charge in [-0.2, -0.15) is 0 Å². The van der Waals surface area contributed by atoms with Crippen LogP contribution >= 0.6 is 15.9 Å². The molecule has 15 heavy (non-hydrogen) atoms. The van der Waals surface area contributed by atoms with E-state index in [-0.39, 0.29) is 13.0 Å². The molecule has 0 aliphatic rings. The lowest BCUT2D eigenvalue weighted by molar-refractivity contribution is 0.00420. The van der Waals surface area contributed by atoms with Gasteiger partial charge in [-0.05, 0) is 40.0 Å². The van der Waals surface area contributed by atoms with Crippen LogP contribution in [0.4, 0.5) is 5.69 Å². The van der Waals surface area contributed by atoms with Gasteiger partial charge in [-0.1, -0.05) is 6.07 Å². The standard InChI is InChI=1S/C10H14BrNO3/c11-7-5-6(1-2-8(7)12)10(15)9(14)3-4-13/h1-2,5,9-10,13-15H,3-4,12H2. The van der Waals surface area contributed by atoms with Crippen LogP contribution in [-0.2, 0) is 0 Å². The zero-order valence-electron chi connectivity index (χ0n) is 8.10. The predicted molar refractivity (Wildman–Crippen MR) is 61.2 cm³/mol. The van der Waals surface area contributed by atoms with E-state index >= 15 is 0 Å². The van der Waals surface area contributed by atoms with E-state index in [1.807, 2.05) is 0 Å². The molecule has 5 heteroatoms. The van der Waals surface area contributed by atoms with Crippen molar-refractivity contribution in [3.05, 3.63) is 28.2 Å². The molecule has 0 saturated carbocycles. The highest BCUT2D eigenvalue weighted by Gasteiger charge is 2.18. The summed E-state index contributed by atoms with van der Waals surface area (Å²) in [6.45, 7) is -0.158. The largest absolute Gasteiger partial charge is 0.398 e. The number of anilines is 1. The first-order chi connectivity index (χ1) is 7.06. The summed E-state index contributed by atoms with van der Waals surface area (Å²) in [5, 5.41) is 27.8. The van der Waals surface area contributed by atoms with Crippen molar-refractivity contribution in [2.75, 3.05) is 12.3 Å². The van der Waals surface area contributed by atoms with Gasteiger partial charge < -0.3 is 21.1 Å². The molecule has 0 heterocycles. The summed E-state index contributed by atoms with van der Waals surface area (Å²) in [6.07, 6.45) is -1.83. The predicted octanol–water partition coefficient (Wildman–Crippen LogP) is 0.808. The van der Waals surface area contributed by atoms with Crippen LogP contribution in [0.25, 0.3) is 0 Å². The number of benzene rings is 1. The molecule has 0 saturated heterocycles. The summed E-state index contributed by atoms with van der Waals surface area (Å²) in [4.78, 5) is 0. The van der Waals surface area contributed by atoms with Gasteiger partial charge in [-0.25, -0.2) is 0 Å². The Labute approximate surface area is 96.5 Å². The molecule has 0 spiro atoms. The lowest BCUT2D eigenvalue weighted by Gasteiger charge is -2.17. The van der Waals surface area contributed by atoms with E-state index in [0.717, 1.165) is 0 Å². The fourth-order valence-electron chi connectivity index (χ4n) is 1.24. The third kappa shape index (κ3) is 3.17. The van der Waals surface area contributed by atoms with Gasteiger partial charge in [0.1, 0.15) is 6.10 Å². The molecular weight excluding hydrogens is 262 g/mol. The lowest BCUT2D eigenvalue weighted by atomic mass is 10.0. The van der Waals surface area contributed by atoms with E-state index < -0.39 is 12.2 Å². The first-order valence-electron chi connectivity index (χ1n) is 4.58. The zero-order valence-corrected chi connectivity index (χ0v) is 9.68. The monoisotopic (exact) mass is 275 g/mol. The molecule has 1 rings (SSSR count). The smallest absolute Gasteiger partial charge is 0.105 e. The van der Waals surface area contributed by atoms with E-state index in [2.05, 4.69) is 15.9 Å². The molecule has 0 aliphatic carbocycles. The average molecular weight is 276 g/mol. The number of nitrogens with two attached hydrogens (primary N) is 1. The Balaban J connectivity index is 2.81. The number of halogens is 1. The van der Waals surface area contributed by atoms with E-state index in [9.17, 15) is 10.2 Å². The topological polar surface area (TPSA) is 86.7 Å². The molecule has 0 radical (unpaired) electrons. The molecule has 5 N–H and O–H groups in total. The van der Waals surface area contributed by atoms with Crippen LogP contribution in [0.2, 0.25) is 0 Å². The first kappa shape index (κ1) is 12.4. The zero-order chi connectivity index (χ0) is 11.4. The van der Waals surface area contributed by atoms with Crippen LogP contribution in [0.5, 0.6) is 0 Å². The summed E-state index contributed by atoms with van der Waals surface area (Å²) < 4.78 is 0.676. The van der Waals surface area contributed by atoms with Crippen molar-refractivity contribution < 1.29 is 15.3 Å². The Morgan fingerprint density at radius 2 is 2.00 bits per heavy atom. The van der Waals surface area contributed by atoms with Gasteiger partial charge in [0.2, 0.25) is 0 Å². The van der Waals surface area contributed by atoms with Gasteiger partial charge in [-0.3, -0.25) is 0 Å². The maximum atomic E-state index is 9.71. The Hall–Kier alpha value is -0.620. The fraction of sp³-hybridized carbons (Fsp3) is 0.400. The van der Waals surface area contributed by atoms with E-state index in [1.54, 1.807) is 18.2 Å². The van der Waals surface area contributed by atoms with E-state index in [4.69, 9.17) is 10.8 Å². The molecule has 0 aliphatic heterocycles. The Bertz CT molecular complexity index is 332. The van der Waals surface area contributed by atoms with Crippen LogP contribution in [0, 0.1) is 0 Å². The summed E-state index contributed by atoms with van der Waals surface area (Å²) in [7, 11) is 0. The van der Waals surface area contributed by atoms with Crippen LogP contribution in [0.15, 0.2) is 22.7 Å². The number of aliphatic hydroxyl groups excluding tert-OH is 3. The van der Waals surface area contributed by atoms with E-state index in [1.165, 1.54) is 0 Å². The molecule has 4 nitrogen and oxygen atoms in total. The number of nitrogen functional groups attached to an aromatic ring is 1. The molecule has 0 fully saturated rings. The quantitative estimate of drug-likeness (QED) is 0.613. The second-order valence-corrected chi connectivity index (χ2v) is 4.16. The normalized spacial score (nSPS) is 14.9. The molecule has 0 amide bonds. The highest BCUT2D eigenvalue weighted by Crippen LogP contribution is 2.26. The van der Waals surface area contributed by atoms with Crippen molar-refractivity contribution in [1.82, 2.24) is 0 Å². The molecule has 1 aromatic rings. The van der Waals surface area contributed by atoms with Crippen LogP contribution < -0.4 is 5.73 Å². The van der Waals surface area contributed by atoms with Crippen LogP contribution in [0.3, 0.4) is 0 Å². The van der Waals surface area contributed by atoms with Crippen molar-refractivity contribution >= 4 is 21.6 Å². The third-order valence-corrected chi connectivity index (χ3v) is 2.84. The Morgan fingerprint density at radius 3 is 2.53 bits per heavy atom. The maximum absolute atomic E-state index is 9.71. The number of rotatable bonds is 4. The molecule has 84 valence electrons. The summed E-state index contributed by atoms with van der Waals surface area (Å²) >= 11 is 3.24. The van der Waals surface area contributed by atoms with Crippen molar-refractivity contribution in [2.45, 2.75) is 18.6 Å². The summed E-state index contributed by atoms with van der Waals surface area (Å²) in [5.41, 5.74) is 6.73. The molecular formula is C10H14BrNO3. The lowest BCUT2D eigenvalue weighted by Crippen LogP contribution is -2.19. The van der Waals surface area contributed by atoms with Crippen molar-refractivity contribution in [1.29, 1.82) is 0 Å². The van der Waals surface area contributed by atoms with Crippen molar-refractivity contribution in [3.8, 4) is 0 Å². The maximum Gasteiger partial charge on any atom is 0.105 e. The third-order valence-electron chi connectivity index (χ3n) is 2.16. The average Bonchev–Trinajstić information content (AvgIpc) is 2.21. The number of hydrogen-bond acceptors (Lipinski definition) is 4. The summed E-state index contributed by atoms with van der Waals surface area (Å²) in [6, 6.07) is 4.94. The summed E-state index contributed by atoms with van der Waals surface area (Å²) in [5.74, 6) is 0. The van der Waals surface area contributed by atoms with Gasteiger partial charge in [0, 0.05) is 16.8 Å². The minimum atomic E-state index is -1.01. The van der Waals surface area contributed by atoms with Gasteiger partial charge >= 0.3 is 0 Å². The molecule has 2 atom stereocenters. The van der Waals surface area contributed by atoms with Gasteiger partial charge in [-0.15, -0.1) is 0 Å². The van der Waals surface area contributed by atoms with Crippen molar-refractivity contribution in [3.63, 3.8) is 0 Å². The highest BCUT2D eigenvalue weighted by atomic mass is 79.9. The van der Waals surface area contributed by atoms with Crippen LogP contribution in [-0.4, -0.2) is 28.0 Å². The minimum Gasteiger partial charge on any atom is -0.398 e. The van der Waals surface area contributed by atoms with Crippen LogP contribution in [0.1, 0.15) is 18.1 Å². The van der Waals surface area contributed by atoms with Gasteiger partial charge in [0.05, 0.1) is 6.10 Å². The molecule has 0 aromatic heterocycles. The highest BCUT2D eigenvalue weighted by molar-refractivity contribution is 9.10. The Morgan fingerprint density at radius 1 is 1.33 bits per heavy atom. The Kier molecular flexibility index (Phi) is 4.53. The first-order valence-corrected chi connectivity index (χ1v) is 5.37. The number of hydrogen-bond donors (Lipinski definition) is 4.